The number of methoxy groups -OCH3 is 1. The van der Waals surface area contributed by atoms with Crippen LogP contribution in [0.2, 0.25) is 5.02 Å². The highest BCUT2D eigenvalue weighted by atomic mass is 35.5. The Balaban J connectivity index is 2.13. The van der Waals surface area contributed by atoms with Gasteiger partial charge in [-0.2, -0.15) is 0 Å². The number of halogens is 1. The standard InChI is InChI=1S/C16H18ClNO4S/c1-16(9-22-2,7-15(20)21)18-14(19)5-10-8-23-13-4-3-11(17)6-12(10)13/h3-4,6,8H,5,7,9H2,1-2H3,(H,18,19)(H,20,21). The average molecular weight is 356 g/mol. The van der Waals surface area contributed by atoms with Crippen molar-refractivity contribution in [3.8, 4) is 0 Å². The molecule has 124 valence electrons. The van der Waals surface area contributed by atoms with Gasteiger partial charge in [0.1, 0.15) is 0 Å². The summed E-state index contributed by atoms with van der Waals surface area (Å²) in [4.78, 5) is 23.3. The minimum Gasteiger partial charge on any atom is -0.481 e. The Morgan fingerprint density at radius 2 is 2.17 bits per heavy atom. The SMILES string of the molecule is COCC(C)(CC(=O)O)NC(=O)Cc1csc2ccc(Cl)cc12. The van der Waals surface area contributed by atoms with Gasteiger partial charge in [-0.05, 0) is 41.5 Å². The van der Waals surface area contributed by atoms with E-state index in [4.69, 9.17) is 21.4 Å². The Bertz CT molecular complexity index is 730. The van der Waals surface area contributed by atoms with Crippen LogP contribution in [0.25, 0.3) is 10.1 Å². The number of nitrogens with one attached hydrogen (secondary N) is 1. The summed E-state index contributed by atoms with van der Waals surface area (Å²) in [5, 5.41) is 15.3. The lowest BCUT2D eigenvalue weighted by atomic mass is 9.98. The topological polar surface area (TPSA) is 75.6 Å². The van der Waals surface area contributed by atoms with Crippen molar-refractivity contribution in [1.82, 2.24) is 5.32 Å². The van der Waals surface area contributed by atoms with E-state index in [1.807, 2.05) is 23.6 Å². The molecule has 0 aliphatic carbocycles. The van der Waals surface area contributed by atoms with Crippen molar-refractivity contribution < 1.29 is 19.4 Å². The molecule has 2 rings (SSSR count). The van der Waals surface area contributed by atoms with Gasteiger partial charge in [-0.15, -0.1) is 11.3 Å². The van der Waals surface area contributed by atoms with E-state index in [2.05, 4.69) is 5.32 Å². The predicted molar refractivity (Wildman–Crippen MR) is 91.2 cm³/mol. The van der Waals surface area contributed by atoms with E-state index in [1.165, 1.54) is 7.11 Å². The number of carboxylic acid groups (broad SMARTS) is 1. The highest BCUT2D eigenvalue weighted by Crippen LogP contribution is 2.29. The van der Waals surface area contributed by atoms with E-state index in [1.54, 1.807) is 18.3 Å². The van der Waals surface area contributed by atoms with E-state index in [-0.39, 0.29) is 25.4 Å². The number of benzene rings is 1. The summed E-state index contributed by atoms with van der Waals surface area (Å²) >= 11 is 7.56. The molecule has 23 heavy (non-hydrogen) atoms. The van der Waals surface area contributed by atoms with Gasteiger partial charge in [-0.3, -0.25) is 9.59 Å². The van der Waals surface area contributed by atoms with Crippen LogP contribution in [0.1, 0.15) is 18.9 Å². The lowest BCUT2D eigenvalue weighted by Crippen LogP contribution is -2.51. The molecule has 1 amide bonds. The molecule has 1 aromatic carbocycles. The minimum absolute atomic E-state index is 0.126. The summed E-state index contributed by atoms with van der Waals surface area (Å²) < 4.78 is 6.09. The Hall–Kier alpha value is -1.63. The minimum atomic E-state index is -0.988. The van der Waals surface area contributed by atoms with Gasteiger partial charge in [0.25, 0.3) is 0 Å². The highest BCUT2D eigenvalue weighted by Gasteiger charge is 2.29. The zero-order chi connectivity index (χ0) is 17.0. The number of hydrogen-bond acceptors (Lipinski definition) is 4. The molecule has 5 nitrogen and oxygen atoms in total. The van der Waals surface area contributed by atoms with Crippen LogP contribution in [0.4, 0.5) is 0 Å². The molecule has 1 aromatic heterocycles. The number of hydrogen-bond donors (Lipinski definition) is 2. The molecule has 0 fully saturated rings. The van der Waals surface area contributed by atoms with Crippen LogP contribution in [0, 0.1) is 0 Å². The summed E-state index contributed by atoms with van der Waals surface area (Å²) in [5.74, 6) is -1.23. The number of aliphatic carboxylic acids is 1. The Labute approximate surface area is 143 Å². The van der Waals surface area contributed by atoms with Crippen LogP contribution >= 0.6 is 22.9 Å². The lowest BCUT2D eigenvalue weighted by molar-refractivity contribution is -0.139. The summed E-state index contributed by atoms with van der Waals surface area (Å²) in [7, 11) is 1.47. The van der Waals surface area contributed by atoms with E-state index >= 15 is 0 Å². The third kappa shape index (κ3) is 4.67. The normalized spacial score (nSPS) is 13.7. The van der Waals surface area contributed by atoms with Crippen LogP contribution in [-0.2, 0) is 20.7 Å². The molecular formula is C16H18ClNO4S. The number of carbonyl (C=O) groups is 2. The van der Waals surface area contributed by atoms with Crippen LogP contribution in [0.5, 0.6) is 0 Å². The predicted octanol–water partition coefficient (Wildman–Crippen LogP) is 3.09. The van der Waals surface area contributed by atoms with Gasteiger partial charge in [-0.25, -0.2) is 0 Å². The number of ether oxygens (including phenoxy) is 1. The van der Waals surface area contributed by atoms with Crippen molar-refractivity contribution in [1.29, 1.82) is 0 Å². The summed E-state index contributed by atoms with van der Waals surface area (Å²) in [5.41, 5.74) is -0.0682. The first kappa shape index (κ1) is 17.7. The number of fused-ring (bicyclic) bond motifs is 1. The molecule has 0 aliphatic rings. The molecule has 1 unspecified atom stereocenters. The number of rotatable bonds is 7. The van der Waals surface area contributed by atoms with Crippen molar-refractivity contribution >= 4 is 44.9 Å². The monoisotopic (exact) mass is 355 g/mol. The molecular weight excluding hydrogens is 338 g/mol. The van der Waals surface area contributed by atoms with Crippen molar-refractivity contribution in [2.45, 2.75) is 25.3 Å². The van der Waals surface area contributed by atoms with Gasteiger partial charge in [-0.1, -0.05) is 11.6 Å². The van der Waals surface area contributed by atoms with Crippen molar-refractivity contribution in [2.24, 2.45) is 0 Å². The number of thiophene rings is 1. The van der Waals surface area contributed by atoms with Gasteiger partial charge in [0, 0.05) is 16.8 Å². The van der Waals surface area contributed by atoms with Crippen molar-refractivity contribution in [3.63, 3.8) is 0 Å². The molecule has 0 saturated heterocycles. The largest absolute Gasteiger partial charge is 0.481 e. The first-order valence-corrected chi connectivity index (χ1v) is 8.26. The zero-order valence-corrected chi connectivity index (χ0v) is 14.5. The van der Waals surface area contributed by atoms with Crippen LogP contribution in [0.15, 0.2) is 23.6 Å². The second-order valence-electron chi connectivity index (χ2n) is 5.69. The second-order valence-corrected chi connectivity index (χ2v) is 7.04. The summed E-state index contributed by atoms with van der Waals surface area (Å²) in [6.07, 6.45) is -0.0396. The van der Waals surface area contributed by atoms with Crippen LogP contribution < -0.4 is 5.32 Å². The number of amides is 1. The van der Waals surface area contributed by atoms with E-state index < -0.39 is 11.5 Å². The second kappa shape index (κ2) is 7.29. The number of carbonyl (C=O) groups excluding carboxylic acids is 1. The maximum absolute atomic E-state index is 12.3. The molecule has 0 radical (unpaired) electrons. The smallest absolute Gasteiger partial charge is 0.305 e. The third-order valence-corrected chi connectivity index (χ3v) is 4.66. The fraction of sp³-hybridized carbons (Fsp3) is 0.375. The van der Waals surface area contributed by atoms with Crippen LogP contribution in [0.3, 0.4) is 0 Å². The zero-order valence-electron chi connectivity index (χ0n) is 12.9. The van der Waals surface area contributed by atoms with E-state index in [9.17, 15) is 9.59 Å². The third-order valence-electron chi connectivity index (χ3n) is 3.41. The molecule has 0 spiro atoms. The lowest BCUT2D eigenvalue weighted by Gasteiger charge is -2.28. The van der Waals surface area contributed by atoms with Gasteiger partial charge in [0.2, 0.25) is 5.91 Å². The molecule has 1 atom stereocenters. The Morgan fingerprint density at radius 1 is 1.43 bits per heavy atom. The van der Waals surface area contributed by atoms with Gasteiger partial charge in [0.15, 0.2) is 0 Å². The molecule has 1 heterocycles. The Kier molecular flexibility index (Phi) is 5.62. The molecule has 0 saturated carbocycles. The maximum atomic E-state index is 12.3. The van der Waals surface area contributed by atoms with E-state index in [0.29, 0.717) is 5.02 Å². The summed E-state index contributed by atoms with van der Waals surface area (Å²) in [6.45, 7) is 1.78. The summed E-state index contributed by atoms with van der Waals surface area (Å²) in [6, 6.07) is 5.57. The molecule has 0 bridgehead atoms. The first-order valence-electron chi connectivity index (χ1n) is 7.00. The number of carboxylic acids is 1. The fourth-order valence-corrected chi connectivity index (χ4v) is 3.64. The Morgan fingerprint density at radius 3 is 2.83 bits per heavy atom. The van der Waals surface area contributed by atoms with Gasteiger partial charge >= 0.3 is 5.97 Å². The van der Waals surface area contributed by atoms with Crippen LogP contribution in [-0.4, -0.2) is 36.2 Å². The molecule has 0 aliphatic heterocycles. The molecule has 2 N–H and O–H groups in total. The van der Waals surface area contributed by atoms with Crippen molar-refractivity contribution in [2.75, 3.05) is 13.7 Å². The molecule has 7 heteroatoms. The molecule has 2 aromatic rings. The first-order chi connectivity index (χ1) is 10.8. The average Bonchev–Trinajstić information content (AvgIpc) is 2.80. The highest BCUT2D eigenvalue weighted by molar-refractivity contribution is 7.17. The van der Waals surface area contributed by atoms with Crippen molar-refractivity contribution in [3.05, 3.63) is 34.2 Å². The maximum Gasteiger partial charge on any atom is 0.305 e. The van der Waals surface area contributed by atoms with Gasteiger partial charge in [0.05, 0.1) is 25.0 Å². The van der Waals surface area contributed by atoms with E-state index in [0.717, 1.165) is 15.6 Å². The fourth-order valence-electron chi connectivity index (χ4n) is 2.53. The quantitative estimate of drug-likeness (QED) is 0.800. The van der Waals surface area contributed by atoms with Gasteiger partial charge < -0.3 is 15.2 Å².